The Morgan fingerprint density at radius 2 is 2.00 bits per heavy atom. The lowest BCUT2D eigenvalue weighted by atomic mass is 10.1. The van der Waals surface area contributed by atoms with Crippen LogP contribution in [0.3, 0.4) is 0 Å². The molecule has 0 bridgehead atoms. The first kappa shape index (κ1) is 16.3. The second-order valence-electron chi connectivity index (χ2n) is 5.36. The number of carbonyl (C=O) groups excluding carboxylic acids is 1. The van der Waals surface area contributed by atoms with Gasteiger partial charge in [0.1, 0.15) is 0 Å². The fourth-order valence-corrected chi connectivity index (χ4v) is 3.43. The molecule has 0 heterocycles. The van der Waals surface area contributed by atoms with E-state index in [0.717, 1.165) is 18.4 Å². The number of hydrogen-bond donors (Lipinski definition) is 0. The molecule has 1 fully saturated rings. The first-order chi connectivity index (χ1) is 9.91. The molecule has 1 saturated carbocycles. The highest BCUT2D eigenvalue weighted by Crippen LogP contribution is 2.26. The van der Waals surface area contributed by atoms with E-state index in [1.54, 1.807) is 6.07 Å². The smallest absolute Gasteiger partial charge is 0.338 e. The van der Waals surface area contributed by atoms with Crippen molar-refractivity contribution in [3.8, 4) is 0 Å². The Bertz CT molecular complexity index is 619. The number of aryl methyl sites for hydroxylation is 1. The summed E-state index contributed by atoms with van der Waals surface area (Å²) < 4.78 is 28.1. The fraction of sp³-hybridized carbons (Fsp3) is 0.533. The van der Waals surface area contributed by atoms with E-state index in [0.29, 0.717) is 18.9 Å². The predicted molar refractivity (Wildman–Crippen MR) is 81.1 cm³/mol. The zero-order valence-electron chi connectivity index (χ0n) is 12.0. The van der Waals surface area contributed by atoms with Crippen LogP contribution in [0.25, 0.3) is 0 Å². The molecule has 1 aromatic carbocycles. The highest BCUT2D eigenvalue weighted by molar-refractivity contribution is 8.13. The van der Waals surface area contributed by atoms with Gasteiger partial charge in [0, 0.05) is 10.7 Å². The molecule has 0 aliphatic heterocycles. The van der Waals surface area contributed by atoms with Gasteiger partial charge in [-0.3, -0.25) is 0 Å². The van der Waals surface area contributed by atoms with E-state index in [9.17, 15) is 13.2 Å². The first-order valence-corrected chi connectivity index (χ1v) is 9.47. The Morgan fingerprint density at radius 1 is 1.33 bits per heavy atom. The fourth-order valence-electron chi connectivity index (χ4n) is 2.65. The largest absolute Gasteiger partial charge is 0.462 e. The zero-order chi connectivity index (χ0) is 15.5. The molecule has 6 heteroatoms. The van der Waals surface area contributed by atoms with Gasteiger partial charge in [0.05, 0.1) is 17.1 Å². The topological polar surface area (TPSA) is 60.4 Å². The molecule has 0 atom stereocenters. The third-order valence-corrected chi connectivity index (χ3v) is 5.24. The van der Waals surface area contributed by atoms with Crippen molar-refractivity contribution in [3.63, 3.8) is 0 Å². The lowest BCUT2D eigenvalue weighted by Gasteiger charge is -2.12. The van der Waals surface area contributed by atoms with E-state index in [1.165, 1.54) is 25.0 Å². The van der Waals surface area contributed by atoms with Crippen molar-refractivity contribution in [2.75, 3.05) is 6.61 Å². The van der Waals surface area contributed by atoms with Gasteiger partial charge in [-0.25, -0.2) is 13.2 Å². The molecule has 0 spiro atoms. The summed E-state index contributed by atoms with van der Waals surface area (Å²) in [5.41, 5.74) is 1.05. The van der Waals surface area contributed by atoms with Crippen molar-refractivity contribution in [3.05, 3.63) is 29.3 Å². The van der Waals surface area contributed by atoms with Crippen LogP contribution in [-0.2, 0) is 20.2 Å². The Labute approximate surface area is 129 Å². The van der Waals surface area contributed by atoms with E-state index < -0.39 is 15.0 Å². The molecule has 0 amide bonds. The maximum atomic E-state index is 12.2. The van der Waals surface area contributed by atoms with E-state index in [1.807, 2.05) is 6.92 Å². The molecule has 0 unspecified atom stereocenters. The predicted octanol–water partition coefficient (Wildman–Crippen LogP) is 3.52. The summed E-state index contributed by atoms with van der Waals surface area (Å²) >= 11 is 0. The second kappa shape index (κ2) is 6.79. The van der Waals surface area contributed by atoms with Gasteiger partial charge in [-0.15, -0.1) is 0 Å². The molecule has 0 aromatic heterocycles. The Kier molecular flexibility index (Phi) is 5.27. The molecule has 21 heavy (non-hydrogen) atoms. The summed E-state index contributed by atoms with van der Waals surface area (Å²) in [5, 5.41) is 0. The number of carbonyl (C=O) groups is 1. The molecule has 0 radical (unpaired) electrons. The maximum absolute atomic E-state index is 12.2. The monoisotopic (exact) mass is 330 g/mol. The number of esters is 1. The van der Waals surface area contributed by atoms with Gasteiger partial charge in [0.2, 0.25) is 0 Å². The van der Waals surface area contributed by atoms with Crippen LogP contribution >= 0.6 is 10.7 Å². The molecule has 1 aliphatic rings. The average Bonchev–Trinajstić information content (AvgIpc) is 2.96. The Hall–Kier alpha value is -1.07. The average molecular weight is 331 g/mol. The normalized spacial score (nSPS) is 16.1. The van der Waals surface area contributed by atoms with Crippen molar-refractivity contribution in [1.82, 2.24) is 0 Å². The second-order valence-corrected chi connectivity index (χ2v) is 7.93. The molecule has 1 aliphatic carbocycles. The van der Waals surface area contributed by atoms with Crippen molar-refractivity contribution >= 4 is 25.7 Å². The van der Waals surface area contributed by atoms with Crippen LogP contribution in [-0.4, -0.2) is 21.0 Å². The summed E-state index contributed by atoms with van der Waals surface area (Å²) in [6, 6.07) is 4.33. The molecule has 116 valence electrons. The van der Waals surface area contributed by atoms with Crippen LogP contribution in [0.15, 0.2) is 23.1 Å². The Balaban J connectivity index is 2.17. The van der Waals surface area contributed by atoms with Crippen molar-refractivity contribution in [2.45, 2.75) is 43.9 Å². The van der Waals surface area contributed by atoms with Crippen molar-refractivity contribution in [2.24, 2.45) is 5.92 Å². The van der Waals surface area contributed by atoms with Gasteiger partial charge in [-0.2, -0.15) is 0 Å². The summed E-state index contributed by atoms with van der Waals surface area (Å²) in [6.07, 6.45) is 5.16. The third kappa shape index (κ3) is 4.20. The van der Waals surface area contributed by atoms with Crippen LogP contribution in [0.4, 0.5) is 0 Å². The first-order valence-electron chi connectivity index (χ1n) is 7.16. The lowest BCUT2D eigenvalue weighted by Crippen LogP contribution is -2.14. The van der Waals surface area contributed by atoms with E-state index in [4.69, 9.17) is 15.4 Å². The summed E-state index contributed by atoms with van der Waals surface area (Å²) in [4.78, 5) is 12.1. The number of hydrogen-bond acceptors (Lipinski definition) is 4. The minimum Gasteiger partial charge on any atom is -0.462 e. The van der Waals surface area contributed by atoms with E-state index in [2.05, 4.69) is 0 Å². The zero-order valence-corrected chi connectivity index (χ0v) is 13.5. The van der Waals surface area contributed by atoms with Crippen molar-refractivity contribution < 1.29 is 17.9 Å². The number of benzene rings is 1. The molecule has 4 nitrogen and oxygen atoms in total. The molecule has 0 saturated heterocycles. The number of ether oxygens (including phenoxy) is 1. The van der Waals surface area contributed by atoms with Gasteiger partial charge in [-0.1, -0.05) is 25.8 Å². The molecule has 0 N–H and O–H groups in total. The molecule has 2 rings (SSSR count). The summed E-state index contributed by atoms with van der Waals surface area (Å²) in [7, 11) is 1.48. The maximum Gasteiger partial charge on any atom is 0.338 e. The lowest BCUT2D eigenvalue weighted by molar-refractivity contribution is 0.0441. The van der Waals surface area contributed by atoms with Gasteiger partial charge in [0.15, 0.2) is 0 Å². The Morgan fingerprint density at radius 3 is 2.57 bits per heavy atom. The van der Waals surface area contributed by atoms with Gasteiger partial charge >= 0.3 is 5.97 Å². The molecular formula is C15H19ClO4S. The van der Waals surface area contributed by atoms with Gasteiger partial charge < -0.3 is 4.74 Å². The van der Waals surface area contributed by atoms with Crippen LogP contribution in [0.2, 0.25) is 0 Å². The highest BCUT2D eigenvalue weighted by atomic mass is 35.7. The van der Waals surface area contributed by atoms with Crippen LogP contribution in [0.5, 0.6) is 0 Å². The summed E-state index contributed by atoms with van der Waals surface area (Å²) in [5.74, 6) is -0.0418. The summed E-state index contributed by atoms with van der Waals surface area (Å²) in [6.45, 7) is 2.30. The molecule has 1 aromatic rings. The standard InChI is InChI=1S/C15H19ClO4S/c1-2-12-7-8-13(21(16,18)19)9-14(12)15(17)20-10-11-5-3-4-6-11/h7-9,11H,2-6,10H2,1H3. The van der Waals surface area contributed by atoms with Crippen LogP contribution < -0.4 is 0 Å². The van der Waals surface area contributed by atoms with E-state index >= 15 is 0 Å². The SMILES string of the molecule is CCc1ccc(S(=O)(=O)Cl)cc1C(=O)OCC1CCCC1. The number of halogens is 1. The minimum atomic E-state index is -3.85. The third-order valence-electron chi connectivity index (χ3n) is 3.89. The molecular weight excluding hydrogens is 312 g/mol. The van der Waals surface area contributed by atoms with Gasteiger partial charge in [-0.05, 0) is 42.9 Å². The van der Waals surface area contributed by atoms with Crippen LogP contribution in [0.1, 0.15) is 48.5 Å². The highest BCUT2D eigenvalue weighted by Gasteiger charge is 2.20. The van der Waals surface area contributed by atoms with Crippen molar-refractivity contribution in [1.29, 1.82) is 0 Å². The minimum absolute atomic E-state index is 0.0748. The van der Waals surface area contributed by atoms with E-state index in [-0.39, 0.29) is 10.5 Å². The van der Waals surface area contributed by atoms with Crippen LogP contribution in [0, 0.1) is 5.92 Å². The quantitative estimate of drug-likeness (QED) is 0.612. The number of rotatable bonds is 5. The van der Waals surface area contributed by atoms with Gasteiger partial charge in [0.25, 0.3) is 9.05 Å².